The molecule has 22 heavy (non-hydrogen) atoms. The van der Waals surface area contributed by atoms with Crippen molar-refractivity contribution < 1.29 is 13.2 Å². The second-order valence-electron chi connectivity index (χ2n) is 6.48. The number of fused-ring (bicyclic) bond motifs is 1. The second-order valence-corrected chi connectivity index (χ2v) is 8.46. The van der Waals surface area contributed by atoms with E-state index in [0.29, 0.717) is 19.6 Å². The monoisotopic (exact) mass is 322 g/mol. The van der Waals surface area contributed by atoms with Gasteiger partial charge in [-0.15, -0.1) is 0 Å². The molecule has 0 bridgehead atoms. The molecule has 5 nitrogen and oxygen atoms in total. The maximum absolute atomic E-state index is 12.0. The highest BCUT2D eigenvalue weighted by atomic mass is 32.2. The van der Waals surface area contributed by atoms with Gasteiger partial charge in [-0.05, 0) is 24.0 Å². The molecule has 2 aliphatic heterocycles. The first kappa shape index (κ1) is 15.5. The number of benzene rings is 1. The Kier molecular flexibility index (Phi) is 3.77. The van der Waals surface area contributed by atoms with E-state index in [1.165, 1.54) is 6.26 Å². The van der Waals surface area contributed by atoms with Crippen molar-refractivity contribution in [2.24, 2.45) is 11.8 Å². The van der Waals surface area contributed by atoms with Gasteiger partial charge in [-0.2, -0.15) is 0 Å². The summed E-state index contributed by atoms with van der Waals surface area (Å²) in [5.74, 6) is 0.469. The molecule has 2 fully saturated rings. The molecule has 0 spiro atoms. The topological polar surface area (TPSA) is 57.7 Å². The van der Waals surface area contributed by atoms with Crippen LogP contribution in [0.3, 0.4) is 0 Å². The number of amides is 1. The predicted molar refractivity (Wildman–Crippen MR) is 84.7 cm³/mol. The lowest BCUT2D eigenvalue weighted by Gasteiger charge is -2.29. The molecule has 2 aliphatic rings. The Morgan fingerprint density at radius 1 is 1.18 bits per heavy atom. The minimum atomic E-state index is -3.17. The number of sulfonamides is 1. The summed E-state index contributed by atoms with van der Waals surface area (Å²) in [6, 6.07) is 8.06. The molecule has 0 saturated carbocycles. The third-order valence-electron chi connectivity index (χ3n) is 5.01. The van der Waals surface area contributed by atoms with Gasteiger partial charge in [-0.1, -0.05) is 24.3 Å². The molecule has 6 heteroatoms. The van der Waals surface area contributed by atoms with Crippen LogP contribution in [-0.4, -0.2) is 49.4 Å². The molecule has 0 N–H and O–H groups in total. The molecule has 3 atom stereocenters. The quantitative estimate of drug-likeness (QED) is 0.827. The summed E-state index contributed by atoms with van der Waals surface area (Å²) in [6.45, 7) is 5.32. The van der Waals surface area contributed by atoms with E-state index in [0.717, 1.165) is 11.1 Å². The summed E-state index contributed by atoms with van der Waals surface area (Å²) in [5, 5.41) is 0. The van der Waals surface area contributed by atoms with Crippen molar-refractivity contribution in [3.05, 3.63) is 35.4 Å². The number of nitrogens with zero attached hydrogens (tertiary/aromatic N) is 2. The number of rotatable bonds is 2. The lowest BCUT2D eigenvalue weighted by atomic mass is 9.87. The third-order valence-corrected chi connectivity index (χ3v) is 6.25. The van der Waals surface area contributed by atoms with Gasteiger partial charge < -0.3 is 4.90 Å². The highest BCUT2D eigenvalue weighted by Gasteiger charge is 2.50. The van der Waals surface area contributed by atoms with Gasteiger partial charge in [0.25, 0.3) is 0 Å². The van der Waals surface area contributed by atoms with Crippen molar-refractivity contribution in [2.75, 3.05) is 25.9 Å². The van der Waals surface area contributed by atoms with Gasteiger partial charge in [0, 0.05) is 32.5 Å². The van der Waals surface area contributed by atoms with E-state index in [1.807, 2.05) is 30.0 Å². The summed E-state index contributed by atoms with van der Waals surface area (Å²) in [6.07, 6.45) is 1.26. The van der Waals surface area contributed by atoms with Crippen LogP contribution in [0.1, 0.15) is 24.1 Å². The highest BCUT2D eigenvalue weighted by Crippen LogP contribution is 2.46. The predicted octanol–water partition coefficient (Wildman–Crippen LogP) is 1.41. The summed E-state index contributed by atoms with van der Waals surface area (Å²) in [7, 11) is -3.17. The zero-order valence-corrected chi connectivity index (χ0v) is 14.0. The van der Waals surface area contributed by atoms with Crippen molar-refractivity contribution in [3.8, 4) is 0 Å². The molecule has 2 heterocycles. The van der Waals surface area contributed by atoms with Crippen molar-refractivity contribution in [1.29, 1.82) is 0 Å². The van der Waals surface area contributed by atoms with Crippen LogP contribution in [0.4, 0.5) is 0 Å². The first-order valence-electron chi connectivity index (χ1n) is 7.57. The summed E-state index contributed by atoms with van der Waals surface area (Å²) < 4.78 is 25.2. The molecule has 0 radical (unpaired) electrons. The number of likely N-dealkylation sites (tertiary alicyclic amines) is 1. The first-order chi connectivity index (χ1) is 10.3. The minimum absolute atomic E-state index is 0.0181. The van der Waals surface area contributed by atoms with E-state index in [2.05, 4.69) is 6.07 Å². The summed E-state index contributed by atoms with van der Waals surface area (Å²) in [5.41, 5.74) is 2.29. The fourth-order valence-corrected chi connectivity index (χ4v) is 4.82. The van der Waals surface area contributed by atoms with E-state index in [1.54, 1.807) is 11.2 Å². The number of carbonyl (C=O) groups excluding carboxylic acids is 1. The molecule has 0 unspecified atom stereocenters. The maximum Gasteiger partial charge on any atom is 0.219 e. The Bertz CT molecular complexity index is 701. The second kappa shape index (κ2) is 5.35. The van der Waals surface area contributed by atoms with E-state index in [9.17, 15) is 13.2 Å². The van der Waals surface area contributed by atoms with Crippen molar-refractivity contribution >= 4 is 15.9 Å². The number of carbonyl (C=O) groups is 1. The van der Waals surface area contributed by atoms with Crippen LogP contribution in [-0.2, 0) is 14.8 Å². The largest absolute Gasteiger partial charge is 0.335 e. The molecule has 120 valence electrons. The zero-order valence-electron chi connectivity index (χ0n) is 13.2. The van der Waals surface area contributed by atoms with Gasteiger partial charge in [0.15, 0.2) is 0 Å². The van der Waals surface area contributed by atoms with Crippen LogP contribution in [0.5, 0.6) is 0 Å². The molecular weight excluding hydrogens is 300 g/mol. The molecule has 3 rings (SSSR count). The van der Waals surface area contributed by atoms with Crippen LogP contribution in [0, 0.1) is 18.8 Å². The Labute approximate surface area is 132 Å². The molecular formula is C16H22N2O3S. The van der Waals surface area contributed by atoms with E-state index in [-0.39, 0.29) is 23.8 Å². The molecule has 1 amide bonds. The number of aryl methyl sites for hydroxylation is 1. The smallest absolute Gasteiger partial charge is 0.219 e. The lowest BCUT2D eigenvalue weighted by Crippen LogP contribution is -2.36. The highest BCUT2D eigenvalue weighted by molar-refractivity contribution is 7.88. The van der Waals surface area contributed by atoms with Crippen molar-refractivity contribution in [3.63, 3.8) is 0 Å². The Morgan fingerprint density at radius 3 is 2.45 bits per heavy atom. The van der Waals surface area contributed by atoms with E-state index >= 15 is 0 Å². The van der Waals surface area contributed by atoms with Gasteiger partial charge in [0.1, 0.15) is 0 Å². The molecule has 0 aliphatic carbocycles. The van der Waals surface area contributed by atoms with Crippen molar-refractivity contribution in [1.82, 2.24) is 9.21 Å². The average Bonchev–Trinajstić information content (AvgIpc) is 2.96. The van der Waals surface area contributed by atoms with Gasteiger partial charge in [0.05, 0.1) is 12.3 Å². The van der Waals surface area contributed by atoms with E-state index in [4.69, 9.17) is 0 Å². The maximum atomic E-state index is 12.0. The lowest BCUT2D eigenvalue weighted by molar-refractivity contribution is -0.130. The van der Waals surface area contributed by atoms with Crippen LogP contribution < -0.4 is 0 Å². The Morgan fingerprint density at radius 2 is 1.86 bits per heavy atom. The Balaban J connectivity index is 1.98. The molecule has 2 saturated heterocycles. The zero-order chi connectivity index (χ0) is 16.1. The van der Waals surface area contributed by atoms with Crippen LogP contribution in [0.15, 0.2) is 24.3 Å². The standard InChI is InChI=1S/C16H22N2O3S/c1-11-6-4-5-7-14(11)16-15-10-17(22(3,20)21)8-13(15)9-18(16)12(2)19/h4-7,13,15-16H,8-10H2,1-3H3/t13-,15-,16-/m1/s1. The average molecular weight is 322 g/mol. The normalized spacial score (nSPS) is 28.9. The van der Waals surface area contributed by atoms with Crippen LogP contribution >= 0.6 is 0 Å². The third kappa shape index (κ3) is 2.54. The van der Waals surface area contributed by atoms with Gasteiger partial charge >= 0.3 is 0 Å². The van der Waals surface area contributed by atoms with Gasteiger partial charge in [0.2, 0.25) is 15.9 Å². The van der Waals surface area contributed by atoms with Crippen LogP contribution in [0.2, 0.25) is 0 Å². The molecule has 0 aromatic heterocycles. The Hall–Kier alpha value is -1.40. The van der Waals surface area contributed by atoms with Crippen molar-refractivity contribution in [2.45, 2.75) is 19.9 Å². The fraction of sp³-hybridized carbons (Fsp3) is 0.562. The SMILES string of the molecule is CC(=O)N1C[C@H]2CN(S(C)(=O)=O)C[C@H]2[C@H]1c1ccccc1C. The summed E-state index contributed by atoms with van der Waals surface area (Å²) >= 11 is 0. The van der Waals surface area contributed by atoms with Gasteiger partial charge in [-0.25, -0.2) is 12.7 Å². The number of hydrogen-bond donors (Lipinski definition) is 0. The van der Waals surface area contributed by atoms with E-state index < -0.39 is 10.0 Å². The minimum Gasteiger partial charge on any atom is -0.335 e. The number of hydrogen-bond acceptors (Lipinski definition) is 3. The van der Waals surface area contributed by atoms with Gasteiger partial charge in [-0.3, -0.25) is 4.79 Å². The summed E-state index contributed by atoms with van der Waals surface area (Å²) in [4.78, 5) is 14.0. The first-order valence-corrected chi connectivity index (χ1v) is 9.41. The fourth-order valence-electron chi connectivity index (χ4n) is 3.92. The van der Waals surface area contributed by atoms with Crippen LogP contribution in [0.25, 0.3) is 0 Å². The molecule has 1 aromatic rings. The molecule has 1 aromatic carbocycles.